The van der Waals surface area contributed by atoms with E-state index < -0.39 is 18.2 Å². The number of cyclic esters (lactones) is 1. The SMILES string of the molecule is COc1c([C@H]2OC(=O)C[C@H]2O)cc(OC)c2c(OC)cccc12. The fraction of sp³-hybridized carbons (Fsp3) is 0.353. The average Bonchev–Trinajstić information content (AvgIpc) is 2.90. The lowest BCUT2D eigenvalue weighted by molar-refractivity contribution is -0.142. The molecule has 0 saturated carbocycles. The van der Waals surface area contributed by atoms with Gasteiger partial charge in [-0.1, -0.05) is 12.1 Å². The number of benzene rings is 2. The Balaban J connectivity index is 2.29. The van der Waals surface area contributed by atoms with Crippen LogP contribution in [0.2, 0.25) is 0 Å². The van der Waals surface area contributed by atoms with E-state index in [0.717, 1.165) is 10.8 Å². The van der Waals surface area contributed by atoms with Gasteiger partial charge in [-0.25, -0.2) is 0 Å². The Labute approximate surface area is 133 Å². The molecule has 1 aliphatic rings. The van der Waals surface area contributed by atoms with Crippen molar-refractivity contribution in [2.45, 2.75) is 18.6 Å². The van der Waals surface area contributed by atoms with Crippen LogP contribution in [-0.4, -0.2) is 38.5 Å². The van der Waals surface area contributed by atoms with Crippen LogP contribution >= 0.6 is 0 Å². The van der Waals surface area contributed by atoms with Gasteiger partial charge in [0.1, 0.15) is 23.4 Å². The molecule has 1 N–H and O–H groups in total. The first-order chi connectivity index (χ1) is 11.1. The molecular formula is C17H18O6. The molecule has 6 nitrogen and oxygen atoms in total. The van der Waals surface area contributed by atoms with Crippen LogP contribution in [0, 0.1) is 0 Å². The number of hydrogen-bond donors (Lipinski definition) is 1. The lowest BCUT2D eigenvalue weighted by atomic mass is 9.97. The minimum Gasteiger partial charge on any atom is -0.496 e. The Morgan fingerprint density at radius 2 is 1.87 bits per heavy atom. The Hall–Kier alpha value is -2.47. The number of aliphatic hydroxyl groups excluding tert-OH is 1. The lowest BCUT2D eigenvalue weighted by Crippen LogP contribution is -2.13. The third kappa shape index (κ3) is 2.45. The van der Waals surface area contributed by atoms with Gasteiger partial charge in [0.2, 0.25) is 0 Å². The van der Waals surface area contributed by atoms with Gasteiger partial charge in [0.05, 0.1) is 33.1 Å². The third-order valence-corrected chi connectivity index (χ3v) is 4.00. The van der Waals surface area contributed by atoms with Gasteiger partial charge in [-0.05, 0) is 12.1 Å². The molecule has 2 atom stereocenters. The molecule has 1 fully saturated rings. The molecule has 2 aromatic carbocycles. The van der Waals surface area contributed by atoms with E-state index >= 15 is 0 Å². The second-order valence-electron chi connectivity index (χ2n) is 5.27. The van der Waals surface area contributed by atoms with Gasteiger partial charge >= 0.3 is 5.97 Å². The molecule has 1 heterocycles. The van der Waals surface area contributed by atoms with Gasteiger partial charge in [0.15, 0.2) is 6.10 Å². The Bertz CT molecular complexity index is 754. The molecule has 23 heavy (non-hydrogen) atoms. The molecule has 0 bridgehead atoms. The summed E-state index contributed by atoms with van der Waals surface area (Å²) in [4.78, 5) is 11.5. The number of esters is 1. The number of aliphatic hydroxyl groups is 1. The van der Waals surface area contributed by atoms with Crippen molar-refractivity contribution in [2.75, 3.05) is 21.3 Å². The smallest absolute Gasteiger partial charge is 0.309 e. The quantitative estimate of drug-likeness (QED) is 0.871. The zero-order valence-corrected chi connectivity index (χ0v) is 13.2. The molecule has 3 rings (SSSR count). The number of fused-ring (bicyclic) bond motifs is 1. The minimum absolute atomic E-state index is 0.0354. The highest BCUT2D eigenvalue weighted by Gasteiger charge is 2.37. The predicted molar refractivity (Wildman–Crippen MR) is 83.1 cm³/mol. The maximum absolute atomic E-state index is 11.5. The fourth-order valence-corrected chi connectivity index (χ4v) is 3.00. The van der Waals surface area contributed by atoms with Crippen LogP contribution in [0.3, 0.4) is 0 Å². The lowest BCUT2D eigenvalue weighted by Gasteiger charge is -2.21. The zero-order valence-electron chi connectivity index (χ0n) is 13.2. The van der Waals surface area contributed by atoms with Gasteiger partial charge in [-0.2, -0.15) is 0 Å². The minimum atomic E-state index is -0.913. The monoisotopic (exact) mass is 318 g/mol. The van der Waals surface area contributed by atoms with Crippen LogP contribution in [0.25, 0.3) is 10.8 Å². The van der Waals surface area contributed by atoms with Crippen LogP contribution in [0.1, 0.15) is 18.1 Å². The van der Waals surface area contributed by atoms with Crippen molar-refractivity contribution in [3.05, 3.63) is 29.8 Å². The topological polar surface area (TPSA) is 74.2 Å². The van der Waals surface area contributed by atoms with E-state index in [2.05, 4.69) is 0 Å². The zero-order chi connectivity index (χ0) is 16.6. The summed E-state index contributed by atoms with van der Waals surface area (Å²) in [6, 6.07) is 7.25. The van der Waals surface area contributed by atoms with Crippen LogP contribution in [0.5, 0.6) is 17.2 Å². The molecule has 0 aliphatic carbocycles. The molecule has 1 saturated heterocycles. The molecule has 0 spiro atoms. The Kier molecular flexibility index (Phi) is 4.00. The second kappa shape index (κ2) is 5.96. The van der Waals surface area contributed by atoms with E-state index in [0.29, 0.717) is 22.8 Å². The number of ether oxygens (including phenoxy) is 4. The standard InChI is InChI=1S/C17H18O6/c1-20-12-6-4-5-9-15(12)13(21-2)7-10(16(9)22-3)17-11(18)8-14(19)23-17/h4-7,11,17-18H,8H2,1-3H3/t11-,17-/m1/s1. The Morgan fingerprint density at radius 1 is 1.13 bits per heavy atom. The predicted octanol–water partition coefficient (Wildman–Crippen LogP) is 2.21. The average molecular weight is 318 g/mol. The van der Waals surface area contributed by atoms with Crippen LogP contribution < -0.4 is 14.2 Å². The Morgan fingerprint density at radius 3 is 2.43 bits per heavy atom. The first kappa shape index (κ1) is 15.4. The summed E-state index contributed by atoms with van der Waals surface area (Å²) >= 11 is 0. The summed E-state index contributed by atoms with van der Waals surface area (Å²) in [5.41, 5.74) is 0.573. The molecule has 0 aromatic heterocycles. The van der Waals surface area contributed by atoms with Crippen molar-refractivity contribution in [3.8, 4) is 17.2 Å². The first-order valence-electron chi connectivity index (χ1n) is 7.19. The molecule has 0 amide bonds. The van der Waals surface area contributed by atoms with E-state index in [4.69, 9.17) is 18.9 Å². The molecule has 122 valence electrons. The van der Waals surface area contributed by atoms with Crippen molar-refractivity contribution >= 4 is 16.7 Å². The van der Waals surface area contributed by atoms with Gasteiger partial charge in [-0.15, -0.1) is 0 Å². The van der Waals surface area contributed by atoms with E-state index in [1.807, 2.05) is 18.2 Å². The molecule has 0 radical (unpaired) electrons. The third-order valence-electron chi connectivity index (χ3n) is 4.00. The summed E-state index contributed by atoms with van der Waals surface area (Å²) in [5.74, 6) is 1.30. The normalized spacial score (nSPS) is 20.4. The number of carbonyl (C=O) groups is 1. The van der Waals surface area contributed by atoms with E-state index in [1.54, 1.807) is 20.3 Å². The molecule has 1 aliphatic heterocycles. The number of rotatable bonds is 4. The highest BCUT2D eigenvalue weighted by molar-refractivity contribution is 5.99. The highest BCUT2D eigenvalue weighted by atomic mass is 16.6. The summed E-state index contributed by atoms with van der Waals surface area (Å²) < 4.78 is 21.7. The van der Waals surface area contributed by atoms with Crippen molar-refractivity contribution in [1.82, 2.24) is 0 Å². The van der Waals surface area contributed by atoms with Crippen LogP contribution in [-0.2, 0) is 9.53 Å². The summed E-state index contributed by atoms with van der Waals surface area (Å²) in [5, 5.41) is 11.6. The molecular weight excluding hydrogens is 300 g/mol. The first-order valence-corrected chi connectivity index (χ1v) is 7.19. The number of carbonyl (C=O) groups excluding carboxylic acids is 1. The van der Waals surface area contributed by atoms with Gasteiger partial charge in [0, 0.05) is 10.9 Å². The molecule has 2 aromatic rings. The second-order valence-corrected chi connectivity index (χ2v) is 5.27. The van der Waals surface area contributed by atoms with Crippen molar-refractivity contribution in [3.63, 3.8) is 0 Å². The van der Waals surface area contributed by atoms with Gasteiger partial charge < -0.3 is 24.1 Å². The van der Waals surface area contributed by atoms with Crippen molar-refractivity contribution in [2.24, 2.45) is 0 Å². The fourth-order valence-electron chi connectivity index (χ4n) is 3.00. The largest absolute Gasteiger partial charge is 0.496 e. The summed E-state index contributed by atoms with van der Waals surface area (Å²) in [6.07, 6.45) is -1.72. The number of hydrogen-bond acceptors (Lipinski definition) is 6. The maximum atomic E-state index is 11.5. The van der Waals surface area contributed by atoms with Gasteiger partial charge in [0.25, 0.3) is 0 Å². The molecule has 0 unspecified atom stereocenters. The van der Waals surface area contributed by atoms with Crippen LogP contribution in [0.15, 0.2) is 24.3 Å². The highest BCUT2D eigenvalue weighted by Crippen LogP contribution is 2.46. The number of methoxy groups -OCH3 is 3. The summed E-state index contributed by atoms with van der Waals surface area (Å²) in [6.45, 7) is 0. The van der Waals surface area contributed by atoms with Gasteiger partial charge in [-0.3, -0.25) is 4.79 Å². The van der Waals surface area contributed by atoms with Crippen LogP contribution in [0.4, 0.5) is 0 Å². The van der Waals surface area contributed by atoms with E-state index in [9.17, 15) is 9.90 Å². The van der Waals surface area contributed by atoms with E-state index in [1.165, 1.54) is 7.11 Å². The van der Waals surface area contributed by atoms with Crippen molar-refractivity contribution < 1.29 is 28.8 Å². The maximum Gasteiger partial charge on any atom is 0.309 e. The van der Waals surface area contributed by atoms with E-state index in [-0.39, 0.29) is 6.42 Å². The molecule has 6 heteroatoms. The van der Waals surface area contributed by atoms with Crippen molar-refractivity contribution in [1.29, 1.82) is 0 Å². The summed E-state index contributed by atoms with van der Waals surface area (Å²) in [7, 11) is 4.67.